The van der Waals surface area contributed by atoms with E-state index in [-0.39, 0.29) is 0 Å². The van der Waals surface area contributed by atoms with E-state index in [9.17, 15) is 0 Å². The van der Waals surface area contributed by atoms with Crippen molar-refractivity contribution in [3.05, 3.63) is 58.5 Å². The number of hydrogen-bond acceptors (Lipinski definition) is 6. The number of aryl methyl sites for hydroxylation is 1. The first-order chi connectivity index (χ1) is 15.2. The molecule has 2 aliphatic heterocycles. The molecule has 7 nitrogen and oxygen atoms in total. The fraction of sp³-hybridized carbons (Fsp3) is 0.478. The Morgan fingerprint density at radius 2 is 1.84 bits per heavy atom. The SMILES string of the molecule is Cc1cncc(N2CCC(c3nnc4n3-c3ccc(Cl)cc3CN(C3CC3)C4)CC2)n1. The molecule has 0 radical (unpaired) electrons. The lowest BCUT2D eigenvalue weighted by Crippen LogP contribution is -2.34. The fourth-order valence-corrected chi connectivity index (χ4v) is 5.18. The molecule has 0 N–H and O–H groups in total. The van der Waals surface area contributed by atoms with Crippen molar-refractivity contribution in [1.82, 2.24) is 29.6 Å². The summed E-state index contributed by atoms with van der Waals surface area (Å²) in [6, 6.07) is 6.91. The zero-order valence-electron chi connectivity index (χ0n) is 17.7. The lowest BCUT2D eigenvalue weighted by atomic mass is 9.95. The van der Waals surface area contributed by atoms with Crippen LogP contribution in [0.3, 0.4) is 0 Å². The number of rotatable bonds is 3. The number of hydrogen-bond donors (Lipinski definition) is 0. The summed E-state index contributed by atoms with van der Waals surface area (Å²) in [6.45, 7) is 5.66. The van der Waals surface area contributed by atoms with Crippen molar-refractivity contribution in [2.75, 3.05) is 18.0 Å². The Balaban J connectivity index is 1.31. The van der Waals surface area contributed by atoms with Crippen LogP contribution < -0.4 is 4.90 Å². The summed E-state index contributed by atoms with van der Waals surface area (Å²) in [7, 11) is 0. The molecule has 2 fully saturated rings. The molecule has 0 unspecified atom stereocenters. The summed E-state index contributed by atoms with van der Waals surface area (Å²) in [5, 5.41) is 10.2. The molecular formula is C23H26ClN7. The minimum absolute atomic E-state index is 0.381. The first kappa shape index (κ1) is 19.2. The fourth-order valence-electron chi connectivity index (χ4n) is 4.98. The molecular weight excluding hydrogens is 410 g/mol. The number of halogens is 1. The van der Waals surface area contributed by atoms with Gasteiger partial charge >= 0.3 is 0 Å². The highest BCUT2D eigenvalue weighted by Crippen LogP contribution is 2.37. The van der Waals surface area contributed by atoms with Crippen LogP contribution in [0, 0.1) is 6.92 Å². The summed E-state index contributed by atoms with van der Waals surface area (Å²) in [5.74, 6) is 3.49. The van der Waals surface area contributed by atoms with Gasteiger partial charge in [-0.2, -0.15) is 0 Å². The Morgan fingerprint density at radius 1 is 1.00 bits per heavy atom. The topological polar surface area (TPSA) is 63.0 Å². The third kappa shape index (κ3) is 3.59. The molecule has 8 heteroatoms. The molecule has 0 amide bonds. The minimum Gasteiger partial charge on any atom is -0.355 e. The summed E-state index contributed by atoms with van der Waals surface area (Å²) in [5.41, 5.74) is 3.42. The number of benzene rings is 1. The van der Waals surface area contributed by atoms with Gasteiger partial charge in [0.05, 0.1) is 24.1 Å². The molecule has 3 aliphatic rings. The van der Waals surface area contributed by atoms with E-state index in [1.165, 1.54) is 24.1 Å². The Kier molecular flexibility index (Phi) is 4.69. The number of nitrogens with zero attached hydrogens (tertiary/aromatic N) is 7. The second kappa shape index (κ2) is 7.57. The van der Waals surface area contributed by atoms with Crippen molar-refractivity contribution in [1.29, 1.82) is 0 Å². The van der Waals surface area contributed by atoms with E-state index in [1.807, 2.05) is 19.2 Å². The van der Waals surface area contributed by atoms with Crippen molar-refractivity contribution in [2.24, 2.45) is 0 Å². The zero-order valence-corrected chi connectivity index (χ0v) is 18.5. The average molecular weight is 436 g/mol. The van der Waals surface area contributed by atoms with Crippen molar-refractivity contribution < 1.29 is 0 Å². The second-order valence-corrected chi connectivity index (χ2v) is 9.44. The summed E-state index contributed by atoms with van der Waals surface area (Å²) < 4.78 is 2.32. The summed E-state index contributed by atoms with van der Waals surface area (Å²) >= 11 is 6.37. The van der Waals surface area contributed by atoms with E-state index in [2.05, 4.69) is 41.6 Å². The molecule has 1 aliphatic carbocycles. The third-order valence-corrected chi connectivity index (χ3v) is 6.98. The van der Waals surface area contributed by atoms with Crippen LogP contribution in [-0.2, 0) is 13.1 Å². The molecule has 2 aromatic heterocycles. The smallest absolute Gasteiger partial charge is 0.151 e. The van der Waals surface area contributed by atoms with Gasteiger partial charge in [0.2, 0.25) is 0 Å². The second-order valence-electron chi connectivity index (χ2n) is 9.00. The largest absolute Gasteiger partial charge is 0.355 e. The molecule has 31 heavy (non-hydrogen) atoms. The van der Waals surface area contributed by atoms with E-state index in [0.29, 0.717) is 12.0 Å². The van der Waals surface area contributed by atoms with Crippen molar-refractivity contribution in [3.63, 3.8) is 0 Å². The summed E-state index contributed by atoms with van der Waals surface area (Å²) in [4.78, 5) is 13.8. The van der Waals surface area contributed by atoms with E-state index >= 15 is 0 Å². The quantitative estimate of drug-likeness (QED) is 0.622. The molecule has 4 heterocycles. The molecule has 6 rings (SSSR count). The van der Waals surface area contributed by atoms with Gasteiger partial charge in [0.25, 0.3) is 0 Å². The zero-order chi connectivity index (χ0) is 20.9. The Bertz CT molecular complexity index is 1110. The first-order valence-corrected chi connectivity index (χ1v) is 11.5. The van der Waals surface area contributed by atoms with Gasteiger partial charge in [-0.05, 0) is 56.4 Å². The summed E-state index contributed by atoms with van der Waals surface area (Å²) in [6.07, 6.45) is 8.28. The molecule has 3 aromatic rings. The van der Waals surface area contributed by atoms with Crippen LogP contribution in [-0.4, -0.2) is 48.8 Å². The van der Waals surface area contributed by atoms with Gasteiger partial charge in [0.1, 0.15) is 11.6 Å². The highest BCUT2D eigenvalue weighted by Gasteiger charge is 2.35. The van der Waals surface area contributed by atoms with E-state index in [1.54, 1.807) is 6.20 Å². The van der Waals surface area contributed by atoms with Crippen LogP contribution in [0.2, 0.25) is 5.02 Å². The average Bonchev–Trinajstić information content (AvgIpc) is 3.56. The Hall–Kier alpha value is -2.51. The number of fused-ring (bicyclic) bond motifs is 3. The molecule has 1 aromatic carbocycles. The molecule has 0 bridgehead atoms. The number of aromatic nitrogens is 5. The van der Waals surface area contributed by atoms with Gasteiger partial charge < -0.3 is 4.90 Å². The van der Waals surface area contributed by atoms with Gasteiger partial charge in [-0.15, -0.1) is 10.2 Å². The normalized spacial score (nSPS) is 19.7. The predicted octanol–water partition coefficient (Wildman–Crippen LogP) is 3.88. The van der Waals surface area contributed by atoms with Crippen LogP contribution in [0.25, 0.3) is 5.69 Å². The third-order valence-electron chi connectivity index (χ3n) is 6.75. The van der Waals surface area contributed by atoms with Crippen LogP contribution in [0.1, 0.15) is 54.5 Å². The lowest BCUT2D eigenvalue weighted by molar-refractivity contribution is 0.243. The maximum absolute atomic E-state index is 6.37. The maximum Gasteiger partial charge on any atom is 0.151 e. The van der Waals surface area contributed by atoms with Gasteiger partial charge in [-0.3, -0.25) is 14.5 Å². The number of piperidine rings is 1. The Morgan fingerprint density at radius 3 is 2.61 bits per heavy atom. The van der Waals surface area contributed by atoms with E-state index in [4.69, 9.17) is 16.7 Å². The van der Waals surface area contributed by atoms with E-state index in [0.717, 1.165) is 67.2 Å². The highest BCUT2D eigenvalue weighted by atomic mass is 35.5. The molecule has 1 saturated heterocycles. The van der Waals surface area contributed by atoms with Crippen LogP contribution in [0.4, 0.5) is 5.82 Å². The molecule has 0 spiro atoms. The van der Waals surface area contributed by atoms with Gasteiger partial charge in [-0.1, -0.05) is 11.6 Å². The first-order valence-electron chi connectivity index (χ1n) is 11.2. The van der Waals surface area contributed by atoms with Crippen molar-refractivity contribution in [3.8, 4) is 5.69 Å². The molecule has 0 atom stereocenters. The predicted molar refractivity (Wildman–Crippen MR) is 120 cm³/mol. The minimum atomic E-state index is 0.381. The molecule has 1 saturated carbocycles. The van der Waals surface area contributed by atoms with Gasteiger partial charge in [0.15, 0.2) is 5.82 Å². The molecule has 160 valence electrons. The van der Waals surface area contributed by atoms with Crippen LogP contribution >= 0.6 is 11.6 Å². The van der Waals surface area contributed by atoms with Crippen molar-refractivity contribution >= 4 is 17.4 Å². The van der Waals surface area contributed by atoms with Gasteiger partial charge in [0, 0.05) is 42.8 Å². The van der Waals surface area contributed by atoms with Crippen LogP contribution in [0.15, 0.2) is 30.6 Å². The van der Waals surface area contributed by atoms with Crippen LogP contribution in [0.5, 0.6) is 0 Å². The maximum atomic E-state index is 6.37. The standard InChI is InChI=1S/C23H26ClN7/c1-15-11-25-12-21(26-15)29-8-6-16(7-9-29)23-28-27-22-14-30(19-3-4-19)13-17-10-18(24)2-5-20(17)31(22)23/h2,5,10-12,16,19H,3-4,6-9,13-14H2,1H3. The van der Waals surface area contributed by atoms with E-state index < -0.39 is 0 Å². The Labute approximate surface area is 187 Å². The number of anilines is 1. The highest BCUT2D eigenvalue weighted by molar-refractivity contribution is 6.30. The lowest BCUT2D eigenvalue weighted by Gasteiger charge is -2.32. The monoisotopic (exact) mass is 435 g/mol. The van der Waals surface area contributed by atoms with Crippen molar-refractivity contribution in [2.45, 2.75) is 57.7 Å². The van der Waals surface area contributed by atoms with Gasteiger partial charge in [-0.25, -0.2) is 4.98 Å².